The number of fused-ring (bicyclic) bond motifs is 2. The summed E-state index contributed by atoms with van der Waals surface area (Å²) in [6, 6.07) is 18.4. The van der Waals surface area contributed by atoms with Gasteiger partial charge in [0.1, 0.15) is 0 Å². The van der Waals surface area contributed by atoms with Gasteiger partial charge in [-0.3, -0.25) is 0 Å². The minimum atomic E-state index is 0.663. The van der Waals surface area contributed by atoms with E-state index in [4.69, 9.17) is 34.4 Å². The molecule has 0 unspecified atom stereocenters. The molecule has 0 atom stereocenters. The molecule has 0 saturated heterocycles. The molecule has 6 nitrogen and oxygen atoms in total. The fraction of sp³-hybridized carbons (Fsp3) is 0. The van der Waals surface area contributed by atoms with Gasteiger partial charge in [0.25, 0.3) is 0 Å². The lowest BCUT2D eigenvalue weighted by Gasteiger charge is -2.04. The van der Waals surface area contributed by atoms with Crippen LogP contribution in [0.25, 0.3) is 21.5 Å². The average Bonchev–Trinajstić information content (AvgIpc) is 2.55. The summed E-state index contributed by atoms with van der Waals surface area (Å²) in [5.74, 6) is 0. The van der Waals surface area contributed by atoms with Gasteiger partial charge in [0.05, 0.1) is 0 Å². The summed E-state index contributed by atoms with van der Waals surface area (Å²) >= 11 is 0. The molecule has 0 bridgehead atoms. The zero-order chi connectivity index (χ0) is 18.8. The van der Waals surface area contributed by atoms with Crippen molar-refractivity contribution in [1.82, 2.24) is 0 Å². The molecule has 0 aromatic heterocycles. The fourth-order valence-corrected chi connectivity index (χ4v) is 2.87. The van der Waals surface area contributed by atoms with Crippen LogP contribution in [0, 0.1) is 0 Å². The maximum absolute atomic E-state index is 5.79. The van der Waals surface area contributed by atoms with Gasteiger partial charge in [-0.05, 0) is 59.3 Å². The second kappa shape index (κ2) is 6.60. The lowest BCUT2D eigenvalue weighted by atomic mass is 10.1. The number of rotatable bonds is 0. The van der Waals surface area contributed by atoms with Crippen LogP contribution in [0.2, 0.25) is 0 Å². The third kappa shape index (κ3) is 3.49. The van der Waals surface area contributed by atoms with Crippen molar-refractivity contribution < 1.29 is 0 Å². The molecule has 4 rings (SSSR count). The summed E-state index contributed by atoms with van der Waals surface area (Å²) in [7, 11) is 0. The van der Waals surface area contributed by atoms with E-state index in [0.717, 1.165) is 27.2 Å². The Morgan fingerprint density at radius 3 is 1.58 bits per heavy atom. The molecule has 12 N–H and O–H groups in total. The molecule has 0 saturated carbocycles. The lowest BCUT2D eigenvalue weighted by Crippen LogP contribution is -1.92. The molecule has 26 heavy (non-hydrogen) atoms. The maximum Gasteiger partial charge on any atom is 0.0415 e. The second-order valence-electron chi connectivity index (χ2n) is 6.18. The van der Waals surface area contributed by atoms with Crippen LogP contribution in [0.5, 0.6) is 0 Å². The number of benzene rings is 4. The first-order valence-corrected chi connectivity index (χ1v) is 8.02. The molecule has 0 radical (unpaired) electrons. The molecule has 4 aromatic rings. The molecule has 6 heteroatoms. The number of anilines is 6. The Balaban J connectivity index is 0.000000151. The second-order valence-corrected chi connectivity index (χ2v) is 6.18. The first-order chi connectivity index (χ1) is 12.3. The zero-order valence-corrected chi connectivity index (χ0v) is 14.2. The number of nitrogens with two attached hydrogens (primary N) is 6. The number of hydrogen-bond acceptors (Lipinski definition) is 6. The van der Waals surface area contributed by atoms with Crippen molar-refractivity contribution in [3.63, 3.8) is 0 Å². The van der Waals surface area contributed by atoms with Crippen molar-refractivity contribution in [2.75, 3.05) is 34.4 Å². The highest BCUT2D eigenvalue weighted by molar-refractivity contribution is 5.98. The van der Waals surface area contributed by atoms with Crippen LogP contribution in [0.1, 0.15) is 0 Å². The summed E-state index contributed by atoms with van der Waals surface area (Å²) in [4.78, 5) is 0. The van der Waals surface area contributed by atoms with E-state index in [1.54, 1.807) is 12.1 Å². The summed E-state index contributed by atoms with van der Waals surface area (Å²) in [6.07, 6.45) is 0. The Labute approximate surface area is 151 Å². The molecule has 0 amide bonds. The first kappa shape index (κ1) is 17.0. The van der Waals surface area contributed by atoms with Gasteiger partial charge in [0, 0.05) is 44.9 Å². The van der Waals surface area contributed by atoms with Crippen molar-refractivity contribution in [3.8, 4) is 0 Å². The van der Waals surface area contributed by atoms with Gasteiger partial charge in [-0.1, -0.05) is 12.1 Å². The van der Waals surface area contributed by atoms with E-state index >= 15 is 0 Å². The Bertz CT molecular complexity index is 1100. The van der Waals surface area contributed by atoms with Gasteiger partial charge >= 0.3 is 0 Å². The van der Waals surface area contributed by atoms with Crippen molar-refractivity contribution in [2.24, 2.45) is 0 Å². The van der Waals surface area contributed by atoms with E-state index < -0.39 is 0 Å². The number of hydrogen-bond donors (Lipinski definition) is 6. The largest absolute Gasteiger partial charge is 0.399 e. The normalized spacial score (nSPS) is 10.5. The Morgan fingerprint density at radius 1 is 0.385 bits per heavy atom. The van der Waals surface area contributed by atoms with Crippen molar-refractivity contribution in [2.45, 2.75) is 0 Å². The summed E-state index contributed by atoms with van der Waals surface area (Å²) < 4.78 is 0. The van der Waals surface area contributed by atoms with Crippen LogP contribution in [0.15, 0.2) is 60.7 Å². The van der Waals surface area contributed by atoms with Gasteiger partial charge in [0.2, 0.25) is 0 Å². The predicted octanol–water partition coefficient (Wildman–Crippen LogP) is 3.17. The monoisotopic (exact) mass is 346 g/mol. The summed E-state index contributed by atoms with van der Waals surface area (Å²) in [5.41, 5.74) is 38.3. The third-order valence-electron chi connectivity index (χ3n) is 4.06. The molecule has 0 heterocycles. The highest BCUT2D eigenvalue weighted by atomic mass is 14.6. The molecule has 0 aliphatic rings. The van der Waals surface area contributed by atoms with E-state index in [1.165, 1.54) is 0 Å². The van der Waals surface area contributed by atoms with E-state index in [0.29, 0.717) is 28.4 Å². The highest BCUT2D eigenvalue weighted by Gasteiger charge is 2.00. The molecular formula is C20H22N6. The van der Waals surface area contributed by atoms with Gasteiger partial charge in [-0.15, -0.1) is 0 Å². The first-order valence-electron chi connectivity index (χ1n) is 8.02. The maximum atomic E-state index is 5.79. The molecule has 0 fully saturated rings. The van der Waals surface area contributed by atoms with Crippen LogP contribution in [0.3, 0.4) is 0 Å². The van der Waals surface area contributed by atoms with E-state index in [1.807, 2.05) is 48.5 Å². The Hall–Kier alpha value is -3.80. The fourth-order valence-electron chi connectivity index (χ4n) is 2.87. The molecule has 132 valence electrons. The summed E-state index contributed by atoms with van der Waals surface area (Å²) in [6.45, 7) is 0. The predicted molar refractivity (Wildman–Crippen MR) is 114 cm³/mol. The lowest BCUT2D eigenvalue weighted by molar-refractivity contribution is 1.70. The van der Waals surface area contributed by atoms with E-state index in [2.05, 4.69) is 0 Å². The topological polar surface area (TPSA) is 156 Å². The van der Waals surface area contributed by atoms with Crippen molar-refractivity contribution >= 4 is 55.7 Å². The third-order valence-corrected chi connectivity index (χ3v) is 4.06. The number of nitrogen functional groups attached to an aromatic ring is 6. The van der Waals surface area contributed by atoms with Gasteiger partial charge < -0.3 is 34.4 Å². The molecule has 4 aromatic carbocycles. The van der Waals surface area contributed by atoms with Crippen LogP contribution < -0.4 is 34.4 Å². The smallest absolute Gasteiger partial charge is 0.0415 e. The summed E-state index contributed by atoms with van der Waals surface area (Å²) in [5, 5.41) is 3.95. The van der Waals surface area contributed by atoms with Crippen LogP contribution in [-0.4, -0.2) is 0 Å². The highest BCUT2D eigenvalue weighted by Crippen LogP contribution is 2.27. The molecular weight excluding hydrogens is 324 g/mol. The zero-order valence-electron chi connectivity index (χ0n) is 14.2. The van der Waals surface area contributed by atoms with Crippen LogP contribution in [-0.2, 0) is 0 Å². The SMILES string of the molecule is Nc1cc(N)c2cc(N)ccc2c1.Nc1ccc2c(N)cc(N)cc2c1. The standard InChI is InChI=1S/2C10H11N3/c11-7-1-2-9-6(3-7)4-8(12)5-10(9)13;11-7-2-1-6-3-8(12)5-10(13)9(6)4-7/h2*1-5H,11-13H2. The van der Waals surface area contributed by atoms with Crippen LogP contribution in [0.4, 0.5) is 34.1 Å². The molecule has 0 aliphatic carbocycles. The van der Waals surface area contributed by atoms with Gasteiger partial charge in [-0.25, -0.2) is 0 Å². The molecule has 0 spiro atoms. The quantitative estimate of drug-likeness (QED) is 0.268. The minimum Gasteiger partial charge on any atom is -0.399 e. The van der Waals surface area contributed by atoms with E-state index in [-0.39, 0.29) is 0 Å². The van der Waals surface area contributed by atoms with Crippen molar-refractivity contribution in [3.05, 3.63) is 60.7 Å². The average molecular weight is 346 g/mol. The van der Waals surface area contributed by atoms with Crippen LogP contribution >= 0.6 is 0 Å². The van der Waals surface area contributed by atoms with Crippen molar-refractivity contribution in [1.29, 1.82) is 0 Å². The Kier molecular flexibility index (Phi) is 4.33. The Morgan fingerprint density at radius 2 is 0.885 bits per heavy atom. The minimum absolute atomic E-state index is 0.663. The van der Waals surface area contributed by atoms with Gasteiger partial charge in [0.15, 0.2) is 0 Å². The van der Waals surface area contributed by atoms with E-state index in [9.17, 15) is 0 Å². The van der Waals surface area contributed by atoms with Gasteiger partial charge in [-0.2, -0.15) is 0 Å². The molecule has 0 aliphatic heterocycles.